The van der Waals surface area contributed by atoms with Gasteiger partial charge >= 0.3 is 0 Å². The van der Waals surface area contributed by atoms with E-state index in [-0.39, 0.29) is 17.4 Å². The molecule has 0 aliphatic heterocycles. The van der Waals surface area contributed by atoms with Crippen LogP contribution < -0.4 is 5.73 Å². The van der Waals surface area contributed by atoms with Crippen LogP contribution >= 0.6 is 0 Å². The van der Waals surface area contributed by atoms with Crippen molar-refractivity contribution in [3.05, 3.63) is 35.9 Å². The van der Waals surface area contributed by atoms with E-state index in [2.05, 4.69) is 20.8 Å². The Balaban J connectivity index is 2.94. The van der Waals surface area contributed by atoms with Gasteiger partial charge in [0.2, 0.25) is 5.91 Å². The van der Waals surface area contributed by atoms with E-state index in [4.69, 9.17) is 5.73 Å². The molecule has 0 aliphatic carbocycles. The second-order valence-electron chi connectivity index (χ2n) is 5.26. The van der Waals surface area contributed by atoms with E-state index in [1.54, 1.807) is 0 Å². The van der Waals surface area contributed by atoms with E-state index in [1.807, 2.05) is 42.3 Å². The highest BCUT2D eigenvalue weighted by molar-refractivity contribution is 5.84. The maximum atomic E-state index is 12.5. The first kappa shape index (κ1) is 14.7. The molecule has 0 spiro atoms. The summed E-state index contributed by atoms with van der Waals surface area (Å²) in [5.41, 5.74) is 6.63. The van der Waals surface area contributed by atoms with Crippen LogP contribution in [-0.4, -0.2) is 29.9 Å². The number of hydrogen-bond acceptors (Lipinski definition) is 2. The summed E-state index contributed by atoms with van der Waals surface area (Å²) in [6, 6.07) is 9.75. The molecule has 0 bridgehead atoms. The number of likely N-dealkylation sites (N-methyl/N-ethyl adjacent to an activating group) is 1. The minimum Gasteiger partial charge on any atom is -0.340 e. The van der Waals surface area contributed by atoms with Gasteiger partial charge in [-0.2, -0.15) is 0 Å². The van der Waals surface area contributed by atoms with Gasteiger partial charge in [0.05, 0.1) is 5.92 Å². The van der Waals surface area contributed by atoms with Crippen LogP contribution in [0.5, 0.6) is 0 Å². The average Bonchev–Trinajstić information content (AvgIpc) is 2.39. The SMILES string of the molecule is CCC(C)(C)N(C)C(=O)C(CN)c1ccccc1. The second kappa shape index (κ2) is 6.01. The Morgan fingerprint density at radius 3 is 2.33 bits per heavy atom. The molecule has 3 nitrogen and oxygen atoms in total. The van der Waals surface area contributed by atoms with Gasteiger partial charge in [0, 0.05) is 19.1 Å². The van der Waals surface area contributed by atoms with Gasteiger partial charge in [-0.1, -0.05) is 37.3 Å². The molecule has 100 valence electrons. The fraction of sp³-hybridized carbons (Fsp3) is 0.533. The summed E-state index contributed by atoms with van der Waals surface area (Å²) in [5.74, 6) is -0.155. The zero-order chi connectivity index (χ0) is 13.8. The van der Waals surface area contributed by atoms with E-state index < -0.39 is 0 Å². The van der Waals surface area contributed by atoms with Gasteiger partial charge in [0.25, 0.3) is 0 Å². The Bertz CT molecular complexity index is 387. The topological polar surface area (TPSA) is 46.3 Å². The zero-order valence-electron chi connectivity index (χ0n) is 11.8. The van der Waals surface area contributed by atoms with Crippen molar-refractivity contribution in [2.24, 2.45) is 5.73 Å². The van der Waals surface area contributed by atoms with Crippen LogP contribution in [0.25, 0.3) is 0 Å². The van der Waals surface area contributed by atoms with E-state index in [1.165, 1.54) is 0 Å². The summed E-state index contributed by atoms with van der Waals surface area (Å²) in [7, 11) is 1.86. The van der Waals surface area contributed by atoms with Gasteiger partial charge in [-0.05, 0) is 25.8 Å². The van der Waals surface area contributed by atoms with Gasteiger partial charge in [-0.25, -0.2) is 0 Å². The Labute approximate surface area is 110 Å². The Morgan fingerprint density at radius 1 is 1.33 bits per heavy atom. The third-order valence-electron chi connectivity index (χ3n) is 3.84. The highest BCUT2D eigenvalue weighted by Crippen LogP contribution is 2.23. The molecular formula is C15H24N2O. The van der Waals surface area contributed by atoms with E-state index >= 15 is 0 Å². The van der Waals surface area contributed by atoms with Gasteiger partial charge in [-0.15, -0.1) is 0 Å². The lowest BCUT2D eigenvalue weighted by Gasteiger charge is -2.37. The van der Waals surface area contributed by atoms with Crippen molar-refractivity contribution < 1.29 is 4.79 Å². The molecule has 1 amide bonds. The summed E-state index contributed by atoms with van der Waals surface area (Å²) < 4.78 is 0. The molecule has 0 aromatic heterocycles. The Kier molecular flexibility index (Phi) is 4.91. The van der Waals surface area contributed by atoms with Gasteiger partial charge in [-0.3, -0.25) is 4.79 Å². The molecule has 3 heteroatoms. The largest absolute Gasteiger partial charge is 0.340 e. The van der Waals surface area contributed by atoms with Crippen LogP contribution in [-0.2, 0) is 4.79 Å². The lowest BCUT2D eigenvalue weighted by molar-refractivity contribution is -0.136. The zero-order valence-corrected chi connectivity index (χ0v) is 11.8. The molecule has 0 radical (unpaired) electrons. The number of nitrogens with two attached hydrogens (primary N) is 1. The van der Waals surface area contributed by atoms with Gasteiger partial charge < -0.3 is 10.6 Å². The van der Waals surface area contributed by atoms with Crippen molar-refractivity contribution in [2.75, 3.05) is 13.6 Å². The highest BCUT2D eigenvalue weighted by Gasteiger charge is 2.30. The molecule has 2 N–H and O–H groups in total. The fourth-order valence-electron chi connectivity index (χ4n) is 1.83. The minimum absolute atomic E-state index is 0.0931. The number of amides is 1. The van der Waals surface area contributed by atoms with Crippen molar-refractivity contribution in [2.45, 2.75) is 38.6 Å². The predicted molar refractivity (Wildman–Crippen MR) is 75.4 cm³/mol. The fourth-order valence-corrected chi connectivity index (χ4v) is 1.83. The summed E-state index contributed by atoms with van der Waals surface area (Å²) in [4.78, 5) is 14.3. The van der Waals surface area contributed by atoms with E-state index in [0.29, 0.717) is 6.54 Å². The Hall–Kier alpha value is -1.35. The molecule has 0 aliphatic rings. The molecule has 0 heterocycles. The van der Waals surface area contributed by atoms with Crippen molar-refractivity contribution in [3.63, 3.8) is 0 Å². The van der Waals surface area contributed by atoms with E-state index in [9.17, 15) is 4.79 Å². The van der Waals surface area contributed by atoms with Crippen LogP contribution in [0.1, 0.15) is 38.7 Å². The number of nitrogens with zero attached hydrogens (tertiary/aromatic N) is 1. The number of benzene rings is 1. The molecule has 18 heavy (non-hydrogen) atoms. The number of hydrogen-bond donors (Lipinski definition) is 1. The number of carbonyl (C=O) groups excluding carboxylic acids is 1. The molecular weight excluding hydrogens is 224 g/mol. The van der Waals surface area contributed by atoms with Crippen LogP contribution in [0, 0.1) is 0 Å². The van der Waals surface area contributed by atoms with Crippen LogP contribution in [0.3, 0.4) is 0 Å². The number of carbonyl (C=O) groups is 1. The number of rotatable bonds is 5. The lowest BCUT2D eigenvalue weighted by Crippen LogP contribution is -2.47. The minimum atomic E-state index is -0.248. The van der Waals surface area contributed by atoms with Gasteiger partial charge in [0.15, 0.2) is 0 Å². The molecule has 1 aromatic carbocycles. The van der Waals surface area contributed by atoms with Crippen LogP contribution in [0.2, 0.25) is 0 Å². The molecule has 0 fully saturated rings. The van der Waals surface area contributed by atoms with Gasteiger partial charge in [0.1, 0.15) is 0 Å². The molecule has 0 saturated carbocycles. The molecule has 0 saturated heterocycles. The van der Waals surface area contributed by atoms with Crippen LogP contribution in [0.15, 0.2) is 30.3 Å². The maximum absolute atomic E-state index is 12.5. The standard InChI is InChI=1S/C15H24N2O/c1-5-15(2,3)17(4)14(18)13(11-16)12-9-7-6-8-10-12/h6-10,13H,5,11,16H2,1-4H3. The highest BCUT2D eigenvalue weighted by atomic mass is 16.2. The summed E-state index contributed by atoms with van der Waals surface area (Å²) in [5, 5.41) is 0. The predicted octanol–water partition coefficient (Wildman–Crippen LogP) is 2.38. The molecule has 1 unspecified atom stereocenters. The average molecular weight is 248 g/mol. The normalized spacial score (nSPS) is 13.2. The third-order valence-corrected chi connectivity index (χ3v) is 3.84. The van der Waals surface area contributed by atoms with E-state index in [0.717, 1.165) is 12.0 Å². The quantitative estimate of drug-likeness (QED) is 0.869. The monoisotopic (exact) mass is 248 g/mol. The first-order valence-corrected chi connectivity index (χ1v) is 6.46. The lowest BCUT2D eigenvalue weighted by atomic mass is 9.93. The second-order valence-corrected chi connectivity index (χ2v) is 5.26. The van der Waals surface area contributed by atoms with Crippen molar-refractivity contribution >= 4 is 5.91 Å². The van der Waals surface area contributed by atoms with Crippen molar-refractivity contribution in [1.29, 1.82) is 0 Å². The first-order valence-electron chi connectivity index (χ1n) is 6.46. The van der Waals surface area contributed by atoms with Crippen molar-refractivity contribution in [3.8, 4) is 0 Å². The molecule has 1 aromatic rings. The summed E-state index contributed by atoms with van der Waals surface area (Å²) in [6.45, 7) is 6.57. The molecule has 1 atom stereocenters. The summed E-state index contributed by atoms with van der Waals surface area (Å²) >= 11 is 0. The van der Waals surface area contributed by atoms with Crippen molar-refractivity contribution in [1.82, 2.24) is 4.90 Å². The Morgan fingerprint density at radius 2 is 1.89 bits per heavy atom. The van der Waals surface area contributed by atoms with Crippen LogP contribution in [0.4, 0.5) is 0 Å². The first-order chi connectivity index (χ1) is 8.44. The smallest absolute Gasteiger partial charge is 0.231 e. The summed E-state index contributed by atoms with van der Waals surface area (Å²) in [6.07, 6.45) is 0.918. The maximum Gasteiger partial charge on any atom is 0.231 e. The molecule has 1 rings (SSSR count). The third kappa shape index (κ3) is 3.10.